The molecule has 0 atom stereocenters. The lowest BCUT2D eigenvalue weighted by molar-refractivity contribution is 0.00988. The van der Waals surface area contributed by atoms with Gasteiger partial charge in [0.05, 0.1) is 66.9 Å². The van der Waals surface area contributed by atoms with Crippen molar-refractivity contribution in [1.29, 1.82) is 0 Å². The third kappa shape index (κ3) is 15.3. The Morgan fingerprint density at radius 2 is 1.03 bits per heavy atom. The summed E-state index contributed by atoms with van der Waals surface area (Å²) in [6, 6.07) is 25.0. The number of nitrogens with one attached hydrogen (secondary N) is 1. The highest BCUT2D eigenvalue weighted by Crippen LogP contribution is 2.23. The Morgan fingerprint density at radius 3 is 1.53 bits per heavy atom. The van der Waals surface area contributed by atoms with Crippen molar-refractivity contribution in [3.8, 4) is 5.75 Å². The lowest BCUT2D eigenvalue weighted by atomic mass is 9.99. The molecule has 0 aliphatic carbocycles. The van der Waals surface area contributed by atoms with Crippen LogP contribution < -0.4 is 21.5 Å². The number of hydrogen-bond acceptors (Lipinski definition) is 12. The van der Waals surface area contributed by atoms with E-state index in [1.807, 2.05) is 13.8 Å². The minimum Gasteiger partial charge on any atom is -0.491 e. The number of carbonyl (C=O) groups is 2. The molecule has 0 heterocycles. The van der Waals surface area contributed by atoms with Gasteiger partial charge in [-0.05, 0) is 81.4 Å². The van der Waals surface area contributed by atoms with Crippen LogP contribution in [0.1, 0.15) is 44.3 Å². The van der Waals surface area contributed by atoms with E-state index in [0.717, 1.165) is 11.1 Å². The van der Waals surface area contributed by atoms with Crippen molar-refractivity contribution in [1.82, 2.24) is 5.32 Å². The van der Waals surface area contributed by atoms with Crippen LogP contribution >= 0.6 is 0 Å². The minimum atomic E-state index is -4.04. The summed E-state index contributed by atoms with van der Waals surface area (Å²) in [5, 5.41) is 10.3. The molecule has 0 unspecified atom stereocenters. The molecule has 0 aliphatic rings. The largest absolute Gasteiger partial charge is 0.491 e. The van der Waals surface area contributed by atoms with Crippen LogP contribution in [0.15, 0.2) is 117 Å². The number of rotatable bonds is 24. The Hall–Kier alpha value is -5.46. The first-order valence-electron chi connectivity index (χ1n) is 18.8. The third-order valence-electron chi connectivity index (χ3n) is 8.64. The van der Waals surface area contributed by atoms with Crippen molar-refractivity contribution in [2.24, 2.45) is 27.6 Å². The maximum absolute atomic E-state index is 13.8. The number of benzene rings is 4. The van der Waals surface area contributed by atoms with Gasteiger partial charge in [-0.3, -0.25) is 9.59 Å². The zero-order valence-electron chi connectivity index (χ0n) is 33.3. The molecule has 0 spiro atoms. The highest BCUT2D eigenvalue weighted by Gasteiger charge is 2.33. The van der Waals surface area contributed by atoms with Crippen molar-refractivity contribution in [2.45, 2.75) is 30.6 Å². The van der Waals surface area contributed by atoms with Gasteiger partial charge < -0.3 is 35.7 Å². The molecule has 17 heteroatoms. The van der Waals surface area contributed by atoms with E-state index in [2.05, 4.69) is 15.5 Å². The van der Waals surface area contributed by atoms with Crippen molar-refractivity contribution < 1.29 is 45.4 Å². The van der Waals surface area contributed by atoms with E-state index in [0.29, 0.717) is 56.8 Å². The summed E-state index contributed by atoms with van der Waals surface area (Å²) >= 11 is 0. The van der Waals surface area contributed by atoms with E-state index in [9.17, 15) is 26.4 Å². The van der Waals surface area contributed by atoms with E-state index in [-0.39, 0.29) is 39.9 Å². The Bertz CT molecular complexity index is 2180. The molecular formula is C42H51N5O10S2. The predicted molar refractivity (Wildman–Crippen MR) is 225 cm³/mol. The van der Waals surface area contributed by atoms with Gasteiger partial charge in [-0.15, -0.1) is 10.2 Å². The van der Waals surface area contributed by atoms with Crippen LogP contribution in [0.25, 0.3) is 0 Å². The van der Waals surface area contributed by atoms with Crippen LogP contribution in [-0.2, 0) is 33.9 Å². The summed E-state index contributed by atoms with van der Waals surface area (Å²) < 4.78 is 75.8. The molecule has 0 fully saturated rings. The van der Waals surface area contributed by atoms with E-state index < -0.39 is 48.8 Å². The fourth-order valence-electron chi connectivity index (χ4n) is 5.45. The number of amidine groups is 2. The number of nitrogens with two attached hydrogens (primary N) is 2. The smallest absolute Gasteiger partial charge is 0.251 e. The number of ether oxygens (including phenoxy) is 4. The molecule has 1 amide bonds. The molecule has 59 heavy (non-hydrogen) atoms. The van der Waals surface area contributed by atoms with E-state index in [1.165, 1.54) is 48.5 Å². The van der Waals surface area contributed by atoms with Crippen LogP contribution in [-0.4, -0.2) is 104 Å². The van der Waals surface area contributed by atoms with Gasteiger partial charge in [0.15, 0.2) is 31.3 Å². The first kappa shape index (κ1) is 46.2. The molecule has 0 aromatic heterocycles. The van der Waals surface area contributed by atoms with Crippen molar-refractivity contribution in [2.75, 3.05) is 64.3 Å². The maximum atomic E-state index is 13.8. The lowest BCUT2D eigenvalue weighted by Crippen LogP contribution is -2.31. The molecule has 0 radical (unpaired) electrons. The monoisotopic (exact) mass is 849 g/mol. The van der Waals surface area contributed by atoms with Gasteiger partial charge in [-0.25, -0.2) is 16.8 Å². The number of sulfone groups is 2. The molecule has 0 bridgehead atoms. The normalized spacial score (nSPS) is 12.4. The van der Waals surface area contributed by atoms with Gasteiger partial charge in [0.2, 0.25) is 0 Å². The topological polar surface area (TPSA) is 228 Å². The Morgan fingerprint density at radius 1 is 0.593 bits per heavy atom. The summed E-state index contributed by atoms with van der Waals surface area (Å²) in [5.41, 5.74) is 14.1. The number of aryl methyl sites for hydroxylation is 2. The van der Waals surface area contributed by atoms with Gasteiger partial charge in [-0.2, -0.15) is 0 Å². The fraction of sp³-hybridized carbons (Fsp3) is 0.333. The van der Waals surface area contributed by atoms with Crippen LogP contribution in [0.4, 0.5) is 0 Å². The van der Waals surface area contributed by atoms with Gasteiger partial charge in [0.25, 0.3) is 5.91 Å². The van der Waals surface area contributed by atoms with Crippen LogP contribution in [0, 0.1) is 19.8 Å². The van der Waals surface area contributed by atoms with Gasteiger partial charge in [0, 0.05) is 23.2 Å². The molecular weight excluding hydrogens is 799 g/mol. The number of amides is 1. The first-order valence-corrected chi connectivity index (χ1v) is 22.1. The Balaban J connectivity index is 1.15. The molecule has 4 aromatic carbocycles. The summed E-state index contributed by atoms with van der Waals surface area (Å²) in [4.78, 5) is 26.5. The second-order valence-electron chi connectivity index (χ2n) is 13.5. The second kappa shape index (κ2) is 22.6. The van der Waals surface area contributed by atoms with E-state index in [4.69, 9.17) is 30.4 Å². The maximum Gasteiger partial charge on any atom is 0.251 e. The summed E-state index contributed by atoms with van der Waals surface area (Å²) in [6.45, 7) is 7.77. The second-order valence-corrected chi connectivity index (χ2v) is 17.6. The molecule has 5 N–H and O–H groups in total. The molecule has 4 rings (SSSR count). The lowest BCUT2D eigenvalue weighted by Gasteiger charge is -2.17. The summed E-state index contributed by atoms with van der Waals surface area (Å²) in [7, 11) is -8.08. The van der Waals surface area contributed by atoms with Crippen LogP contribution in [0.2, 0.25) is 0 Å². The average Bonchev–Trinajstić information content (AvgIpc) is 3.21. The number of Topliss-reactive ketones (excluding diaryl/α,β-unsaturated/α-hetero) is 1. The van der Waals surface area contributed by atoms with Crippen molar-refractivity contribution in [3.63, 3.8) is 0 Å². The number of hydrogen-bond donors (Lipinski definition) is 3. The van der Waals surface area contributed by atoms with Gasteiger partial charge in [0.1, 0.15) is 18.2 Å². The highest BCUT2D eigenvalue weighted by molar-refractivity contribution is 7.92. The number of nitrogens with zero attached hydrogens (tertiary/aromatic N) is 2. The molecule has 316 valence electrons. The van der Waals surface area contributed by atoms with Crippen LogP contribution in [0.3, 0.4) is 0 Å². The highest BCUT2D eigenvalue weighted by atomic mass is 32.2. The summed E-state index contributed by atoms with van der Waals surface area (Å²) in [6.07, 6.45) is 0. The zero-order valence-corrected chi connectivity index (χ0v) is 35.0. The van der Waals surface area contributed by atoms with Crippen LogP contribution in [0.5, 0.6) is 5.75 Å². The van der Waals surface area contributed by atoms with Crippen molar-refractivity contribution >= 4 is 43.0 Å². The Kier molecular flexibility index (Phi) is 17.7. The quantitative estimate of drug-likeness (QED) is 0.0300. The SMILES string of the molecule is C/C(N)=N/N=C(\N)c1ccc(OCCOCCOCCOCCNC(=O)c2ccc(C(=O)C(CS(=O)(=O)c3ccc(C)cc3)CS(=O)(=O)c3ccc(C)cc3)cc2)cc1. The molecule has 0 saturated carbocycles. The number of ketones is 1. The average molecular weight is 850 g/mol. The van der Waals surface area contributed by atoms with Crippen molar-refractivity contribution in [3.05, 3.63) is 125 Å². The first-order chi connectivity index (χ1) is 28.1. The molecule has 4 aromatic rings. The van der Waals surface area contributed by atoms with E-state index in [1.54, 1.807) is 55.5 Å². The fourth-order valence-corrected chi connectivity index (χ4v) is 8.68. The van der Waals surface area contributed by atoms with Gasteiger partial charge >= 0.3 is 0 Å². The zero-order chi connectivity index (χ0) is 42.8. The van der Waals surface area contributed by atoms with E-state index >= 15 is 0 Å². The standard InChI is InChI=1S/C42H51N5O10S2/c1-30-4-16-38(17-5-30)58(50,51)28-36(29-59(52,53)39-18-6-31(2)7-19-39)40(48)33-8-10-35(11-9-33)42(49)45-20-21-54-22-23-55-24-25-56-26-27-57-37-14-12-34(13-15-37)41(44)47-46-32(3)43/h4-19,36H,20-29H2,1-3H3,(H2,43,46)(H2,44,47)(H,45,49). The minimum absolute atomic E-state index is 0.00948. The molecule has 15 nitrogen and oxygen atoms in total. The molecule has 0 saturated heterocycles. The number of carbonyl (C=O) groups excluding carboxylic acids is 2. The predicted octanol–water partition coefficient (Wildman–Crippen LogP) is 3.91. The third-order valence-corrected chi connectivity index (χ3v) is 12.3. The summed E-state index contributed by atoms with van der Waals surface area (Å²) in [5.74, 6) is -2.71. The Labute approximate surface area is 345 Å². The van der Waals surface area contributed by atoms with Gasteiger partial charge in [-0.1, -0.05) is 47.5 Å². The molecule has 0 aliphatic heterocycles.